The second-order valence-corrected chi connectivity index (χ2v) is 3.57. The van der Waals surface area contributed by atoms with Crippen LogP contribution in [0, 0.1) is 6.92 Å². The Bertz CT molecular complexity index is 278. The predicted molar refractivity (Wildman–Crippen MR) is 62.6 cm³/mol. The maximum absolute atomic E-state index is 3.69. The molecule has 0 aliphatic heterocycles. The lowest BCUT2D eigenvalue weighted by Crippen LogP contribution is -2.17. The van der Waals surface area contributed by atoms with E-state index in [2.05, 4.69) is 43.1 Å². The lowest BCUT2D eigenvalue weighted by atomic mass is 10.1. The highest BCUT2D eigenvalue weighted by atomic mass is 14.8. The van der Waals surface area contributed by atoms with Crippen LogP contribution in [0.4, 0.5) is 0 Å². The van der Waals surface area contributed by atoms with Gasteiger partial charge in [0.2, 0.25) is 0 Å². The molecule has 0 aliphatic rings. The van der Waals surface area contributed by atoms with Crippen LogP contribution in [0.25, 0.3) is 0 Å². The van der Waals surface area contributed by atoms with Gasteiger partial charge >= 0.3 is 0 Å². The topological polar surface area (TPSA) is 12.0 Å². The Morgan fingerprint density at radius 1 is 1.36 bits per heavy atom. The molecule has 0 heterocycles. The first-order valence-electron chi connectivity index (χ1n) is 5.20. The molecule has 1 aromatic rings. The second kappa shape index (κ2) is 6.39. The average molecular weight is 189 g/mol. The van der Waals surface area contributed by atoms with E-state index in [0.29, 0.717) is 0 Å². The molecule has 14 heavy (non-hydrogen) atoms. The highest BCUT2D eigenvalue weighted by Crippen LogP contribution is 2.03. The van der Waals surface area contributed by atoms with Crippen molar-refractivity contribution in [1.29, 1.82) is 0 Å². The van der Waals surface area contributed by atoms with Gasteiger partial charge in [-0.1, -0.05) is 35.9 Å². The maximum atomic E-state index is 3.69. The third kappa shape index (κ3) is 4.24. The Labute approximate surface area is 86.8 Å². The molecular weight excluding hydrogens is 170 g/mol. The van der Waals surface area contributed by atoms with Gasteiger partial charge in [-0.15, -0.1) is 6.58 Å². The summed E-state index contributed by atoms with van der Waals surface area (Å²) in [6.07, 6.45) is 4.10. The number of hydrogen-bond donors (Lipinski definition) is 1. The normalized spacial score (nSPS) is 10.1. The van der Waals surface area contributed by atoms with Crippen molar-refractivity contribution in [3.63, 3.8) is 0 Å². The zero-order chi connectivity index (χ0) is 10.2. The van der Waals surface area contributed by atoms with Gasteiger partial charge in [0.05, 0.1) is 0 Å². The molecule has 0 amide bonds. The largest absolute Gasteiger partial charge is 0.316 e. The van der Waals surface area contributed by atoms with E-state index in [9.17, 15) is 0 Å². The van der Waals surface area contributed by atoms with Crippen LogP contribution in [0.15, 0.2) is 36.9 Å². The summed E-state index contributed by atoms with van der Waals surface area (Å²) in [5.74, 6) is 0. The fraction of sp³-hybridized carbons (Fsp3) is 0.385. The number of nitrogens with one attached hydrogen (secondary N) is 1. The van der Waals surface area contributed by atoms with Gasteiger partial charge in [0, 0.05) is 0 Å². The minimum absolute atomic E-state index is 1.04. The third-order valence-electron chi connectivity index (χ3n) is 2.20. The molecule has 0 aliphatic carbocycles. The SMILES string of the molecule is C=CCCNCCc1cccc(C)c1. The van der Waals surface area contributed by atoms with Crippen LogP contribution < -0.4 is 5.32 Å². The molecule has 0 radical (unpaired) electrons. The van der Waals surface area contributed by atoms with Crippen LogP contribution in [0.3, 0.4) is 0 Å². The van der Waals surface area contributed by atoms with E-state index in [0.717, 1.165) is 25.9 Å². The Balaban J connectivity index is 2.21. The Morgan fingerprint density at radius 2 is 2.21 bits per heavy atom. The zero-order valence-corrected chi connectivity index (χ0v) is 8.92. The molecule has 1 N–H and O–H groups in total. The van der Waals surface area contributed by atoms with Crippen LogP contribution in [0.5, 0.6) is 0 Å². The lowest BCUT2D eigenvalue weighted by Gasteiger charge is -2.03. The van der Waals surface area contributed by atoms with Gasteiger partial charge in [0.15, 0.2) is 0 Å². The van der Waals surface area contributed by atoms with Crippen LogP contribution in [-0.4, -0.2) is 13.1 Å². The fourth-order valence-electron chi connectivity index (χ4n) is 1.43. The maximum Gasteiger partial charge on any atom is -0.000823 e. The van der Waals surface area contributed by atoms with Crippen molar-refractivity contribution < 1.29 is 0 Å². The van der Waals surface area contributed by atoms with Crippen molar-refractivity contribution in [2.45, 2.75) is 19.8 Å². The van der Waals surface area contributed by atoms with Crippen LogP contribution in [0.1, 0.15) is 17.5 Å². The van der Waals surface area contributed by atoms with Gasteiger partial charge in [0.1, 0.15) is 0 Å². The quantitative estimate of drug-likeness (QED) is 0.536. The van der Waals surface area contributed by atoms with E-state index in [1.165, 1.54) is 11.1 Å². The second-order valence-electron chi connectivity index (χ2n) is 3.57. The van der Waals surface area contributed by atoms with E-state index in [4.69, 9.17) is 0 Å². The van der Waals surface area contributed by atoms with Gasteiger partial charge in [-0.2, -0.15) is 0 Å². The van der Waals surface area contributed by atoms with Gasteiger partial charge in [-0.05, 0) is 38.4 Å². The van der Waals surface area contributed by atoms with Gasteiger partial charge in [0.25, 0.3) is 0 Å². The van der Waals surface area contributed by atoms with Crippen molar-refractivity contribution in [3.8, 4) is 0 Å². The molecular formula is C13H19N. The zero-order valence-electron chi connectivity index (χ0n) is 8.92. The van der Waals surface area contributed by atoms with Gasteiger partial charge in [-0.25, -0.2) is 0 Å². The fourth-order valence-corrected chi connectivity index (χ4v) is 1.43. The summed E-state index contributed by atoms with van der Waals surface area (Å²) in [5.41, 5.74) is 2.75. The molecule has 0 spiro atoms. The van der Waals surface area contributed by atoms with Crippen molar-refractivity contribution >= 4 is 0 Å². The highest BCUT2D eigenvalue weighted by molar-refractivity contribution is 5.22. The molecule has 1 heteroatoms. The summed E-state index contributed by atoms with van der Waals surface area (Å²) >= 11 is 0. The third-order valence-corrected chi connectivity index (χ3v) is 2.20. The Kier molecular flexibility index (Phi) is 5.02. The highest BCUT2D eigenvalue weighted by Gasteiger charge is 1.92. The summed E-state index contributed by atoms with van der Waals surface area (Å²) < 4.78 is 0. The van der Waals surface area contributed by atoms with Crippen LogP contribution in [0.2, 0.25) is 0 Å². The summed E-state index contributed by atoms with van der Waals surface area (Å²) in [4.78, 5) is 0. The minimum atomic E-state index is 1.04. The molecule has 1 rings (SSSR count). The predicted octanol–water partition coefficient (Wildman–Crippen LogP) is 2.70. The van der Waals surface area contributed by atoms with Crippen molar-refractivity contribution in [1.82, 2.24) is 5.32 Å². The molecule has 0 saturated carbocycles. The Morgan fingerprint density at radius 3 is 2.93 bits per heavy atom. The van der Waals surface area contributed by atoms with E-state index >= 15 is 0 Å². The lowest BCUT2D eigenvalue weighted by molar-refractivity contribution is 0.689. The molecule has 0 fully saturated rings. The first-order valence-corrected chi connectivity index (χ1v) is 5.20. The molecule has 0 aromatic heterocycles. The molecule has 76 valence electrons. The molecule has 1 aromatic carbocycles. The first-order chi connectivity index (χ1) is 6.83. The number of benzene rings is 1. The molecule has 0 unspecified atom stereocenters. The van der Waals surface area contributed by atoms with Gasteiger partial charge in [-0.3, -0.25) is 0 Å². The van der Waals surface area contributed by atoms with E-state index < -0.39 is 0 Å². The number of rotatable bonds is 6. The van der Waals surface area contributed by atoms with Crippen molar-refractivity contribution in [3.05, 3.63) is 48.0 Å². The van der Waals surface area contributed by atoms with Crippen molar-refractivity contribution in [2.75, 3.05) is 13.1 Å². The summed E-state index contributed by atoms with van der Waals surface area (Å²) in [7, 11) is 0. The summed E-state index contributed by atoms with van der Waals surface area (Å²) in [6.45, 7) is 7.91. The van der Waals surface area contributed by atoms with Gasteiger partial charge < -0.3 is 5.32 Å². The molecule has 1 nitrogen and oxygen atoms in total. The van der Waals surface area contributed by atoms with Crippen LogP contribution in [-0.2, 0) is 6.42 Å². The standard InChI is InChI=1S/C13H19N/c1-3-4-9-14-10-8-13-7-5-6-12(2)11-13/h3,5-7,11,14H,1,4,8-10H2,2H3. The molecule has 0 atom stereocenters. The van der Waals surface area contributed by atoms with Crippen LogP contribution >= 0.6 is 0 Å². The van der Waals surface area contributed by atoms with E-state index in [-0.39, 0.29) is 0 Å². The minimum Gasteiger partial charge on any atom is -0.316 e. The van der Waals surface area contributed by atoms with E-state index in [1.807, 2.05) is 6.08 Å². The molecule has 0 bridgehead atoms. The average Bonchev–Trinajstić information content (AvgIpc) is 2.18. The first kappa shape index (κ1) is 11.0. The Hall–Kier alpha value is -1.08. The van der Waals surface area contributed by atoms with E-state index in [1.54, 1.807) is 0 Å². The van der Waals surface area contributed by atoms with Crippen molar-refractivity contribution in [2.24, 2.45) is 0 Å². The summed E-state index contributed by atoms with van der Waals surface area (Å²) in [5, 5.41) is 3.38. The number of aryl methyl sites for hydroxylation is 1. The summed E-state index contributed by atoms with van der Waals surface area (Å²) in [6, 6.07) is 8.68. The smallest absolute Gasteiger partial charge is 0.000823 e. The monoisotopic (exact) mass is 189 g/mol. The number of hydrogen-bond acceptors (Lipinski definition) is 1. The molecule has 0 saturated heterocycles.